The van der Waals surface area contributed by atoms with E-state index in [1.807, 2.05) is 0 Å². The molecule has 0 aliphatic carbocycles. The minimum absolute atomic E-state index is 0.185. The fourth-order valence-electron chi connectivity index (χ4n) is 2.03. The van der Waals surface area contributed by atoms with Crippen molar-refractivity contribution < 1.29 is 15.0 Å². The summed E-state index contributed by atoms with van der Waals surface area (Å²) in [6.07, 6.45) is 1.96. The van der Waals surface area contributed by atoms with Crippen LogP contribution in [-0.4, -0.2) is 71.5 Å². The Morgan fingerprint density at radius 2 is 1.88 bits per heavy atom. The summed E-state index contributed by atoms with van der Waals surface area (Å²) >= 11 is 0. The van der Waals surface area contributed by atoms with E-state index in [0.717, 1.165) is 32.4 Å². The van der Waals surface area contributed by atoms with Gasteiger partial charge in [0, 0.05) is 39.3 Å². The number of carbonyl (C=O) groups is 1. The minimum Gasteiger partial charge on any atom is -0.396 e. The molecule has 1 unspecified atom stereocenters. The van der Waals surface area contributed by atoms with Crippen LogP contribution in [0.1, 0.15) is 19.3 Å². The lowest BCUT2D eigenvalue weighted by Crippen LogP contribution is -2.51. The van der Waals surface area contributed by atoms with E-state index in [1.165, 1.54) is 0 Å². The molecule has 1 heterocycles. The molecule has 4 N–H and O–H groups in total. The molecule has 1 atom stereocenters. The first kappa shape index (κ1) is 14.2. The van der Waals surface area contributed by atoms with Gasteiger partial charge >= 0.3 is 6.03 Å². The number of carbonyl (C=O) groups excluding carboxylic acids is 1. The van der Waals surface area contributed by atoms with Gasteiger partial charge in [-0.3, -0.25) is 4.90 Å². The van der Waals surface area contributed by atoms with Gasteiger partial charge in [-0.15, -0.1) is 0 Å². The molecule has 0 aromatic heterocycles. The van der Waals surface area contributed by atoms with E-state index >= 15 is 0 Å². The van der Waals surface area contributed by atoms with Crippen LogP contribution in [0.3, 0.4) is 0 Å². The average molecular weight is 245 g/mol. The first-order valence-electron chi connectivity index (χ1n) is 6.19. The van der Waals surface area contributed by atoms with Crippen LogP contribution in [0.15, 0.2) is 0 Å². The molecule has 1 fully saturated rings. The normalized spacial score (nSPS) is 19.3. The summed E-state index contributed by atoms with van der Waals surface area (Å²) in [6, 6.07) is -0.367. The number of hydrogen-bond donors (Lipinski definition) is 3. The van der Waals surface area contributed by atoms with Crippen LogP contribution in [0.4, 0.5) is 4.79 Å². The number of primary amides is 1. The minimum atomic E-state index is -0.367. The van der Waals surface area contributed by atoms with Gasteiger partial charge in [-0.05, 0) is 19.3 Å². The third-order valence-corrected chi connectivity index (χ3v) is 3.10. The fraction of sp³-hybridized carbons (Fsp3) is 0.909. The summed E-state index contributed by atoms with van der Waals surface area (Å²) in [5.74, 6) is 0. The molecular weight excluding hydrogens is 222 g/mol. The quantitative estimate of drug-likeness (QED) is 0.535. The molecule has 1 aliphatic rings. The molecule has 0 radical (unpaired) electrons. The van der Waals surface area contributed by atoms with E-state index in [1.54, 1.807) is 4.90 Å². The molecule has 6 heteroatoms. The highest BCUT2D eigenvalue weighted by Gasteiger charge is 2.20. The van der Waals surface area contributed by atoms with Crippen molar-refractivity contribution in [2.45, 2.75) is 25.4 Å². The molecule has 17 heavy (non-hydrogen) atoms. The van der Waals surface area contributed by atoms with Crippen molar-refractivity contribution in [1.29, 1.82) is 0 Å². The van der Waals surface area contributed by atoms with Gasteiger partial charge in [0.2, 0.25) is 0 Å². The van der Waals surface area contributed by atoms with Crippen molar-refractivity contribution in [2.24, 2.45) is 5.73 Å². The second-order valence-electron chi connectivity index (χ2n) is 4.50. The smallest absolute Gasteiger partial charge is 0.314 e. The zero-order chi connectivity index (χ0) is 12.7. The Morgan fingerprint density at radius 3 is 2.41 bits per heavy atom. The summed E-state index contributed by atoms with van der Waals surface area (Å²) in [5, 5.41) is 18.4. The van der Waals surface area contributed by atoms with Crippen molar-refractivity contribution in [3.05, 3.63) is 0 Å². The third kappa shape index (κ3) is 5.34. The second kappa shape index (κ2) is 7.47. The van der Waals surface area contributed by atoms with Crippen LogP contribution in [0.2, 0.25) is 0 Å². The first-order valence-corrected chi connectivity index (χ1v) is 6.19. The lowest BCUT2D eigenvalue weighted by Gasteiger charge is -2.34. The van der Waals surface area contributed by atoms with Crippen LogP contribution in [0, 0.1) is 0 Å². The number of piperazine rings is 1. The number of hydrogen-bond acceptors (Lipinski definition) is 4. The first-order chi connectivity index (χ1) is 8.13. The van der Waals surface area contributed by atoms with Gasteiger partial charge in [0.15, 0.2) is 0 Å². The van der Waals surface area contributed by atoms with Crippen molar-refractivity contribution >= 4 is 6.03 Å². The van der Waals surface area contributed by atoms with E-state index in [-0.39, 0.29) is 18.7 Å². The molecule has 2 amide bonds. The number of amides is 2. The SMILES string of the molecule is NC(=O)N1CCN(CC(O)CCCCO)CC1. The molecular formula is C11H23N3O3. The van der Waals surface area contributed by atoms with Gasteiger partial charge in [-0.2, -0.15) is 0 Å². The molecule has 0 bridgehead atoms. The van der Waals surface area contributed by atoms with E-state index in [4.69, 9.17) is 10.8 Å². The predicted octanol–water partition coefficient (Wildman–Crippen LogP) is -0.794. The Bertz CT molecular complexity index is 230. The number of aliphatic hydroxyl groups excluding tert-OH is 2. The van der Waals surface area contributed by atoms with E-state index in [9.17, 15) is 9.90 Å². The van der Waals surface area contributed by atoms with Gasteiger partial charge in [-0.25, -0.2) is 4.79 Å². The van der Waals surface area contributed by atoms with E-state index < -0.39 is 0 Å². The van der Waals surface area contributed by atoms with Crippen LogP contribution in [0.25, 0.3) is 0 Å². The van der Waals surface area contributed by atoms with E-state index in [2.05, 4.69) is 4.90 Å². The molecule has 0 spiro atoms. The van der Waals surface area contributed by atoms with E-state index in [0.29, 0.717) is 19.6 Å². The Hall–Kier alpha value is -0.850. The highest BCUT2D eigenvalue weighted by Crippen LogP contribution is 2.06. The number of unbranched alkanes of at least 4 members (excludes halogenated alkanes) is 1. The topological polar surface area (TPSA) is 90.0 Å². The van der Waals surface area contributed by atoms with Crippen LogP contribution in [-0.2, 0) is 0 Å². The number of nitrogens with zero attached hydrogens (tertiary/aromatic N) is 2. The van der Waals surface area contributed by atoms with Crippen LogP contribution in [0.5, 0.6) is 0 Å². The highest BCUT2D eigenvalue weighted by molar-refractivity contribution is 5.72. The van der Waals surface area contributed by atoms with Crippen molar-refractivity contribution in [2.75, 3.05) is 39.3 Å². The maximum atomic E-state index is 10.9. The van der Waals surface area contributed by atoms with Gasteiger partial charge < -0.3 is 20.8 Å². The molecule has 0 aromatic carbocycles. The summed E-state index contributed by atoms with van der Waals surface area (Å²) in [6.45, 7) is 3.62. The average Bonchev–Trinajstić information content (AvgIpc) is 2.30. The lowest BCUT2D eigenvalue weighted by atomic mass is 10.1. The maximum absolute atomic E-state index is 10.9. The largest absolute Gasteiger partial charge is 0.396 e. The number of aliphatic hydroxyl groups is 2. The zero-order valence-electron chi connectivity index (χ0n) is 10.2. The number of rotatable bonds is 6. The second-order valence-corrected chi connectivity index (χ2v) is 4.50. The molecule has 6 nitrogen and oxygen atoms in total. The lowest BCUT2D eigenvalue weighted by molar-refractivity contribution is 0.0757. The summed E-state index contributed by atoms with van der Waals surface area (Å²) in [4.78, 5) is 14.7. The van der Waals surface area contributed by atoms with Crippen LogP contribution >= 0.6 is 0 Å². The molecule has 1 rings (SSSR count). The van der Waals surface area contributed by atoms with Gasteiger partial charge in [0.05, 0.1) is 6.10 Å². The van der Waals surface area contributed by atoms with Gasteiger partial charge in [0.1, 0.15) is 0 Å². The molecule has 0 saturated carbocycles. The predicted molar refractivity (Wildman–Crippen MR) is 64.5 cm³/mol. The van der Waals surface area contributed by atoms with Crippen molar-refractivity contribution in [3.8, 4) is 0 Å². The monoisotopic (exact) mass is 245 g/mol. The number of urea groups is 1. The molecule has 0 aromatic rings. The molecule has 100 valence electrons. The van der Waals surface area contributed by atoms with Crippen molar-refractivity contribution in [3.63, 3.8) is 0 Å². The van der Waals surface area contributed by atoms with Crippen molar-refractivity contribution in [1.82, 2.24) is 9.80 Å². The number of nitrogens with two attached hydrogens (primary N) is 1. The number of β-amino-alcohol motifs (C(OH)–C–C–N with tert-alkyl or cyclic N) is 1. The molecule has 1 aliphatic heterocycles. The van der Waals surface area contributed by atoms with Gasteiger partial charge in [0.25, 0.3) is 0 Å². The zero-order valence-corrected chi connectivity index (χ0v) is 10.2. The summed E-state index contributed by atoms with van der Waals surface area (Å²) in [7, 11) is 0. The standard InChI is InChI=1S/C11H23N3O3/c12-11(17)14-6-4-13(5-7-14)9-10(16)3-1-2-8-15/h10,15-16H,1-9H2,(H2,12,17). The fourth-order valence-corrected chi connectivity index (χ4v) is 2.03. The highest BCUT2D eigenvalue weighted by atomic mass is 16.3. The Morgan fingerprint density at radius 1 is 1.24 bits per heavy atom. The van der Waals surface area contributed by atoms with Gasteiger partial charge in [-0.1, -0.05) is 0 Å². The third-order valence-electron chi connectivity index (χ3n) is 3.10. The summed E-state index contributed by atoms with van der Waals surface area (Å²) in [5.41, 5.74) is 5.19. The Balaban J connectivity index is 2.14. The molecule has 1 saturated heterocycles. The summed E-state index contributed by atoms with van der Waals surface area (Å²) < 4.78 is 0. The maximum Gasteiger partial charge on any atom is 0.314 e. The Kier molecular flexibility index (Phi) is 6.25. The Labute approximate surface area is 102 Å². The van der Waals surface area contributed by atoms with Crippen LogP contribution < -0.4 is 5.73 Å².